The maximum Gasteiger partial charge on any atom is 0.114 e. The first-order valence-corrected chi connectivity index (χ1v) is 8.23. The number of halogens is 1. The summed E-state index contributed by atoms with van der Waals surface area (Å²) in [4.78, 5) is 4.32. The van der Waals surface area contributed by atoms with Crippen LogP contribution < -0.4 is 4.63 Å². The minimum Gasteiger partial charge on any atom is -0.254 e. The Morgan fingerprint density at radius 2 is 2.10 bits per heavy atom. The van der Waals surface area contributed by atoms with E-state index in [1.165, 1.54) is 4.63 Å². The van der Waals surface area contributed by atoms with E-state index in [1.807, 2.05) is 6.20 Å². The molecule has 0 aliphatic carbocycles. The van der Waals surface area contributed by atoms with Gasteiger partial charge in [0.25, 0.3) is 0 Å². The number of aromatic nitrogens is 1. The minimum atomic E-state index is -1.14. The minimum absolute atomic E-state index is 1.14. The lowest BCUT2D eigenvalue weighted by Gasteiger charge is -2.09. The number of thiazole rings is 1. The molecule has 0 amide bonds. The van der Waals surface area contributed by atoms with Crippen molar-refractivity contribution in [2.24, 2.45) is 0 Å². The molecule has 0 aliphatic rings. The van der Waals surface area contributed by atoms with Gasteiger partial charge in [0.2, 0.25) is 0 Å². The maximum atomic E-state index is 4.32. The smallest absolute Gasteiger partial charge is 0.114 e. The monoisotopic (exact) mass is 235 g/mol. The molecule has 0 atom stereocenters. The maximum absolute atomic E-state index is 4.32. The lowest BCUT2D eigenvalue weighted by molar-refractivity contribution is 1.44. The first-order valence-electron chi connectivity index (χ1n) is 3.12. The van der Waals surface area contributed by atoms with Crippen molar-refractivity contribution in [3.63, 3.8) is 0 Å². The summed E-state index contributed by atoms with van der Waals surface area (Å²) in [7, 11) is -1.14. The van der Waals surface area contributed by atoms with Gasteiger partial charge in [-0.25, -0.2) is 0 Å². The van der Waals surface area contributed by atoms with Crippen LogP contribution in [0.3, 0.4) is 0 Å². The molecule has 1 nitrogen and oxygen atoms in total. The van der Waals surface area contributed by atoms with Crippen molar-refractivity contribution in [2.75, 3.05) is 0 Å². The van der Waals surface area contributed by atoms with Crippen LogP contribution in [0, 0.1) is 0 Å². The third-order valence-corrected chi connectivity index (χ3v) is 5.96. The summed E-state index contributed by atoms with van der Waals surface area (Å²) in [6.07, 6.45) is 1.89. The molecular weight excluding hydrogens is 226 g/mol. The lowest BCUT2D eigenvalue weighted by atomic mass is 11.0. The highest BCUT2D eigenvalue weighted by atomic mass is 79.9. The summed E-state index contributed by atoms with van der Waals surface area (Å²) in [6.45, 7) is 6.91. The molecule has 0 unspecified atom stereocenters. The summed E-state index contributed by atoms with van der Waals surface area (Å²) in [5.74, 6) is 0. The van der Waals surface area contributed by atoms with Crippen molar-refractivity contribution in [2.45, 2.75) is 19.6 Å². The van der Waals surface area contributed by atoms with Gasteiger partial charge in [-0.15, -0.1) is 11.3 Å². The zero-order valence-electron chi connectivity index (χ0n) is 6.31. The zero-order chi connectivity index (χ0) is 7.78. The second-order valence-electron chi connectivity index (χ2n) is 3.22. The summed E-state index contributed by atoms with van der Waals surface area (Å²) in [5.41, 5.74) is 0. The topological polar surface area (TPSA) is 12.9 Å². The summed E-state index contributed by atoms with van der Waals surface area (Å²) in [5, 5.41) is 0. The summed E-state index contributed by atoms with van der Waals surface area (Å²) < 4.78 is 2.46. The molecule has 1 heterocycles. The standard InChI is InChI=1S/C6H10BrNSSi/c1-10(2,3)6-8-4-5(7)9-6/h4H,1-3H3. The first kappa shape index (κ1) is 8.42. The average Bonchev–Trinajstić information content (AvgIpc) is 2.11. The fourth-order valence-electron chi connectivity index (χ4n) is 0.601. The van der Waals surface area contributed by atoms with Gasteiger partial charge in [0.15, 0.2) is 0 Å². The van der Waals surface area contributed by atoms with Crippen LogP contribution in [0.4, 0.5) is 0 Å². The molecule has 1 aromatic heterocycles. The third-order valence-electron chi connectivity index (χ3n) is 1.12. The molecule has 1 aromatic rings. The quantitative estimate of drug-likeness (QED) is 0.682. The van der Waals surface area contributed by atoms with Crippen molar-refractivity contribution in [1.82, 2.24) is 4.98 Å². The molecule has 0 saturated carbocycles. The molecule has 10 heavy (non-hydrogen) atoms. The van der Waals surface area contributed by atoms with Crippen LogP contribution in [0.1, 0.15) is 0 Å². The molecule has 0 bridgehead atoms. The highest BCUT2D eigenvalue weighted by Gasteiger charge is 2.19. The Hall–Kier alpha value is 0.327. The van der Waals surface area contributed by atoms with E-state index in [9.17, 15) is 0 Å². The second kappa shape index (κ2) is 2.75. The molecule has 1 rings (SSSR count). The molecule has 0 fully saturated rings. The zero-order valence-corrected chi connectivity index (χ0v) is 9.71. The summed E-state index contributed by atoms with van der Waals surface area (Å²) in [6, 6.07) is 0. The van der Waals surface area contributed by atoms with E-state index < -0.39 is 8.07 Å². The van der Waals surface area contributed by atoms with E-state index in [4.69, 9.17) is 0 Å². The normalized spacial score (nSPS) is 12.0. The van der Waals surface area contributed by atoms with Gasteiger partial charge in [-0.2, -0.15) is 0 Å². The van der Waals surface area contributed by atoms with Crippen LogP contribution in [0.2, 0.25) is 19.6 Å². The molecule has 0 N–H and O–H groups in total. The van der Waals surface area contributed by atoms with Crippen LogP contribution in [0.15, 0.2) is 9.98 Å². The van der Waals surface area contributed by atoms with Crippen molar-refractivity contribution < 1.29 is 0 Å². The Morgan fingerprint density at radius 1 is 1.50 bits per heavy atom. The number of rotatable bonds is 1. The van der Waals surface area contributed by atoms with Crippen molar-refractivity contribution in [3.05, 3.63) is 9.98 Å². The van der Waals surface area contributed by atoms with Crippen molar-refractivity contribution in [1.29, 1.82) is 0 Å². The van der Waals surface area contributed by atoms with Crippen molar-refractivity contribution >= 4 is 40.0 Å². The van der Waals surface area contributed by atoms with Crippen LogP contribution in [0.25, 0.3) is 0 Å². The molecule has 0 spiro atoms. The van der Waals surface area contributed by atoms with Gasteiger partial charge in [-0.05, 0) is 15.9 Å². The third kappa shape index (κ3) is 1.90. The van der Waals surface area contributed by atoms with Gasteiger partial charge in [0.1, 0.15) is 8.07 Å². The summed E-state index contributed by atoms with van der Waals surface area (Å²) >= 11 is 5.16. The van der Waals surface area contributed by atoms with E-state index in [0.717, 1.165) is 3.79 Å². The van der Waals surface area contributed by atoms with E-state index in [2.05, 4.69) is 40.6 Å². The van der Waals surface area contributed by atoms with Gasteiger partial charge in [-0.1, -0.05) is 19.6 Å². The van der Waals surface area contributed by atoms with Crippen LogP contribution in [0.5, 0.6) is 0 Å². The van der Waals surface area contributed by atoms with E-state index in [0.29, 0.717) is 0 Å². The lowest BCUT2D eigenvalue weighted by Crippen LogP contribution is -2.36. The fourth-order valence-corrected chi connectivity index (χ4v) is 4.01. The van der Waals surface area contributed by atoms with Crippen LogP contribution in [-0.2, 0) is 0 Å². The molecule has 0 radical (unpaired) electrons. The largest absolute Gasteiger partial charge is 0.254 e. The molecule has 0 saturated heterocycles. The Bertz CT molecular complexity index is 228. The van der Waals surface area contributed by atoms with Gasteiger partial charge in [-0.3, -0.25) is 4.98 Å². The Labute approximate surface area is 74.6 Å². The van der Waals surface area contributed by atoms with Gasteiger partial charge in [0.05, 0.1) is 14.6 Å². The van der Waals surface area contributed by atoms with Gasteiger partial charge < -0.3 is 0 Å². The Kier molecular flexibility index (Phi) is 2.32. The molecule has 0 aliphatic heterocycles. The molecular formula is C6H10BrNSSi. The van der Waals surface area contributed by atoms with Gasteiger partial charge >= 0.3 is 0 Å². The fraction of sp³-hybridized carbons (Fsp3) is 0.500. The highest BCUT2D eigenvalue weighted by molar-refractivity contribution is 9.11. The SMILES string of the molecule is C[Si](C)(C)c1ncc(Br)s1. The molecule has 4 heteroatoms. The molecule has 56 valence electrons. The van der Waals surface area contributed by atoms with Crippen LogP contribution >= 0.6 is 27.3 Å². The van der Waals surface area contributed by atoms with Crippen LogP contribution in [-0.4, -0.2) is 13.1 Å². The highest BCUT2D eigenvalue weighted by Crippen LogP contribution is 2.15. The average molecular weight is 236 g/mol. The van der Waals surface area contributed by atoms with E-state index in [1.54, 1.807) is 11.3 Å². The van der Waals surface area contributed by atoms with Crippen molar-refractivity contribution in [3.8, 4) is 0 Å². The number of nitrogens with zero attached hydrogens (tertiary/aromatic N) is 1. The molecule has 0 aromatic carbocycles. The van der Waals surface area contributed by atoms with E-state index >= 15 is 0 Å². The van der Waals surface area contributed by atoms with E-state index in [-0.39, 0.29) is 0 Å². The predicted octanol–water partition coefficient (Wildman–Crippen LogP) is 2.45. The predicted molar refractivity (Wildman–Crippen MR) is 52.8 cm³/mol. The first-order chi connectivity index (χ1) is 4.50. The Morgan fingerprint density at radius 3 is 2.30 bits per heavy atom. The Balaban J connectivity index is 2.96. The van der Waals surface area contributed by atoms with Gasteiger partial charge in [0, 0.05) is 0 Å². The number of hydrogen-bond acceptors (Lipinski definition) is 2. The number of hydrogen-bond donors (Lipinski definition) is 0. The second-order valence-corrected chi connectivity index (χ2v) is 11.0.